The van der Waals surface area contributed by atoms with Gasteiger partial charge in [0.05, 0.1) is 0 Å². The topological polar surface area (TPSA) is 0 Å². The summed E-state index contributed by atoms with van der Waals surface area (Å²) in [6.45, 7) is 4.68. The van der Waals surface area contributed by atoms with E-state index in [1.807, 2.05) is 0 Å². The molecule has 0 fully saturated rings. The van der Waals surface area contributed by atoms with Crippen LogP contribution in [0.3, 0.4) is 0 Å². The molecule has 0 radical (unpaired) electrons. The molecule has 0 nitrogen and oxygen atoms in total. The zero-order valence-corrected chi connectivity index (χ0v) is 16.7. The lowest BCUT2D eigenvalue weighted by Gasteiger charge is -2.22. The molecule has 0 aliphatic heterocycles. The van der Waals surface area contributed by atoms with Crippen molar-refractivity contribution >= 4 is 21.5 Å². The van der Waals surface area contributed by atoms with E-state index in [0.29, 0.717) is 0 Å². The molecule has 0 atom stereocenters. The summed E-state index contributed by atoms with van der Waals surface area (Å²) < 4.78 is 0. The summed E-state index contributed by atoms with van der Waals surface area (Å²) >= 11 is 0. The van der Waals surface area contributed by atoms with Gasteiger partial charge < -0.3 is 0 Å². The van der Waals surface area contributed by atoms with Gasteiger partial charge in [0, 0.05) is 5.41 Å². The number of hydrogen-bond acceptors (Lipinski definition) is 0. The fourth-order valence-corrected chi connectivity index (χ4v) is 5.08. The molecule has 138 valence electrons. The van der Waals surface area contributed by atoms with Gasteiger partial charge in [0.2, 0.25) is 0 Å². The van der Waals surface area contributed by atoms with E-state index in [9.17, 15) is 0 Å². The van der Waals surface area contributed by atoms with Crippen LogP contribution in [-0.2, 0) is 5.41 Å². The van der Waals surface area contributed by atoms with Crippen LogP contribution in [0.5, 0.6) is 0 Å². The molecular formula is C29H22. The van der Waals surface area contributed by atoms with E-state index in [0.717, 1.165) is 0 Å². The minimum atomic E-state index is 0.0367. The molecule has 0 heteroatoms. The predicted octanol–water partition coefficient (Wildman–Crippen LogP) is 7.97. The van der Waals surface area contributed by atoms with Crippen molar-refractivity contribution in [2.24, 2.45) is 0 Å². The largest absolute Gasteiger partial charge is 0.0619 e. The van der Waals surface area contributed by atoms with Crippen molar-refractivity contribution in [1.29, 1.82) is 0 Å². The van der Waals surface area contributed by atoms with Crippen molar-refractivity contribution in [2.75, 3.05) is 0 Å². The Labute approximate surface area is 171 Å². The zero-order chi connectivity index (χ0) is 19.6. The summed E-state index contributed by atoms with van der Waals surface area (Å²) in [5.41, 5.74) is 8.22. The lowest BCUT2D eigenvalue weighted by Crippen LogP contribution is -2.14. The Kier molecular flexibility index (Phi) is 3.32. The molecule has 6 rings (SSSR count). The third-order valence-corrected chi connectivity index (χ3v) is 6.66. The Bertz CT molecular complexity index is 1420. The van der Waals surface area contributed by atoms with Crippen molar-refractivity contribution in [1.82, 2.24) is 0 Å². The van der Waals surface area contributed by atoms with Crippen LogP contribution in [-0.4, -0.2) is 0 Å². The van der Waals surface area contributed by atoms with Gasteiger partial charge in [0.15, 0.2) is 0 Å². The maximum absolute atomic E-state index is 2.40. The van der Waals surface area contributed by atoms with E-state index in [1.54, 1.807) is 0 Å². The molecule has 29 heavy (non-hydrogen) atoms. The van der Waals surface area contributed by atoms with Crippen LogP contribution in [0.2, 0.25) is 0 Å². The first-order chi connectivity index (χ1) is 14.1. The summed E-state index contributed by atoms with van der Waals surface area (Å²) in [6.07, 6.45) is 0. The van der Waals surface area contributed by atoms with Crippen molar-refractivity contribution in [3.8, 4) is 22.3 Å². The fourth-order valence-electron chi connectivity index (χ4n) is 5.08. The first kappa shape index (κ1) is 16.6. The van der Waals surface area contributed by atoms with Gasteiger partial charge in [-0.1, -0.05) is 98.8 Å². The highest BCUT2D eigenvalue weighted by atomic mass is 14.4. The van der Waals surface area contributed by atoms with Crippen LogP contribution < -0.4 is 0 Å². The Balaban J connectivity index is 1.52. The molecule has 0 heterocycles. The molecule has 1 aliphatic rings. The lowest BCUT2D eigenvalue weighted by atomic mass is 9.81. The first-order valence-electron chi connectivity index (χ1n) is 10.3. The predicted molar refractivity (Wildman–Crippen MR) is 124 cm³/mol. The molecule has 0 aromatic heterocycles. The Hall–Kier alpha value is -3.38. The zero-order valence-electron chi connectivity index (χ0n) is 16.7. The van der Waals surface area contributed by atoms with Gasteiger partial charge in [-0.15, -0.1) is 0 Å². The average Bonchev–Trinajstić information content (AvgIpc) is 3.00. The molecule has 5 aromatic carbocycles. The number of fused-ring (bicyclic) bond motifs is 6. The standard InChI is InChI=1S/C29H22/c1-29(2)27-10-6-5-9-25(27)26-16-14-21(18-28(26)29)20-13-15-24-22(17-20)12-11-19-7-3-4-8-23(19)24/h3-18H,1-2H3. The van der Waals surface area contributed by atoms with Crippen LogP contribution in [0.4, 0.5) is 0 Å². The van der Waals surface area contributed by atoms with E-state index in [-0.39, 0.29) is 5.41 Å². The molecule has 0 saturated carbocycles. The molecule has 1 aliphatic carbocycles. The van der Waals surface area contributed by atoms with Gasteiger partial charge in [-0.2, -0.15) is 0 Å². The van der Waals surface area contributed by atoms with Crippen molar-refractivity contribution in [3.63, 3.8) is 0 Å². The van der Waals surface area contributed by atoms with E-state index in [1.165, 1.54) is 54.9 Å². The van der Waals surface area contributed by atoms with Gasteiger partial charge >= 0.3 is 0 Å². The molecule has 0 unspecified atom stereocenters. The number of rotatable bonds is 1. The highest BCUT2D eigenvalue weighted by molar-refractivity contribution is 6.08. The minimum absolute atomic E-state index is 0.0367. The van der Waals surface area contributed by atoms with Crippen LogP contribution in [0, 0.1) is 0 Å². The molecule has 5 aromatic rings. The smallest absolute Gasteiger partial charge is 0.0159 e. The van der Waals surface area contributed by atoms with E-state index in [4.69, 9.17) is 0 Å². The summed E-state index contributed by atoms with van der Waals surface area (Å²) in [4.78, 5) is 0. The SMILES string of the molecule is CC1(C)c2ccccc2-c2ccc(-c3ccc4c(ccc5ccccc54)c3)cc21. The van der Waals surface area contributed by atoms with Gasteiger partial charge in [-0.3, -0.25) is 0 Å². The third-order valence-electron chi connectivity index (χ3n) is 6.66. The fraction of sp³-hybridized carbons (Fsp3) is 0.103. The van der Waals surface area contributed by atoms with Crippen molar-refractivity contribution in [2.45, 2.75) is 19.3 Å². The Morgan fingerprint density at radius 3 is 2.07 bits per heavy atom. The van der Waals surface area contributed by atoms with Crippen LogP contribution in [0.1, 0.15) is 25.0 Å². The molecule has 0 N–H and O–H groups in total. The quantitative estimate of drug-likeness (QED) is 0.262. The maximum Gasteiger partial charge on any atom is 0.0159 e. The summed E-state index contributed by atoms with van der Waals surface area (Å²) in [5.74, 6) is 0. The second kappa shape index (κ2) is 5.81. The van der Waals surface area contributed by atoms with Crippen LogP contribution in [0.25, 0.3) is 43.8 Å². The van der Waals surface area contributed by atoms with Crippen molar-refractivity contribution in [3.05, 3.63) is 108 Å². The lowest BCUT2D eigenvalue weighted by molar-refractivity contribution is 0.660. The van der Waals surface area contributed by atoms with Gasteiger partial charge in [0.1, 0.15) is 0 Å². The Morgan fingerprint density at radius 1 is 0.483 bits per heavy atom. The second-order valence-corrected chi connectivity index (χ2v) is 8.65. The molecular weight excluding hydrogens is 348 g/mol. The highest BCUT2D eigenvalue weighted by Crippen LogP contribution is 2.49. The highest BCUT2D eigenvalue weighted by Gasteiger charge is 2.35. The van der Waals surface area contributed by atoms with Crippen LogP contribution >= 0.6 is 0 Å². The van der Waals surface area contributed by atoms with Crippen LogP contribution in [0.15, 0.2) is 97.1 Å². The third kappa shape index (κ3) is 2.32. The van der Waals surface area contributed by atoms with Gasteiger partial charge in [-0.25, -0.2) is 0 Å². The monoisotopic (exact) mass is 370 g/mol. The summed E-state index contributed by atoms with van der Waals surface area (Å²) in [6, 6.07) is 35.8. The minimum Gasteiger partial charge on any atom is -0.0619 e. The maximum atomic E-state index is 2.40. The summed E-state index contributed by atoms with van der Waals surface area (Å²) in [7, 11) is 0. The second-order valence-electron chi connectivity index (χ2n) is 8.65. The van der Waals surface area contributed by atoms with Gasteiger partial charge in [-0.05, 0) is 67.1 Å². The van der Waals surface area contributed by atoms with E-state index in [2.05, 4.69) is 111 Å². The van der Waals surface area contributed by atoms with E-state index < -0.39 is 0 Å². The summed E-state index contributed by atoms with van der Waals surface area (Å²) in [5, 5.41) is 5.23. The molecule has 0 spiro atoms. The number of benzene rings is 5. The molecule has 0 bridgehead atoms. The average molecular weight is 370 g/mol. The first-order valence-corrected chi connectivity index (χ1v) is 10.3. The molecule has 0 saturated heterocycles. The normalized spacial score (nSPS) is 14.1. The number of hydrogen-bond donors (Lipinski definition) is 0. The van der Waals surface area contributed by atoms with Crippen molar-refractivity contribution < 1.29 is 0 Å². The van der Waals surface area contributed by atoms with Gasteiger partial charge in [0.25, 0.3) is 0 Å². The molecule has 0 amide bonds. The Morgan fingerprint density at radius 2 is 1.14 bits per heavy atom. The van der Waals surface area contributed by atoms with E-state index >= 15 is 0 Å².